The van der Waals surface area contributed by atoms with Gasteiger partial charge >= 0.3 is 0 Å². The van der Waals surface area contributed by atoms with Crippen molar-refractivity contribution in [3.05, 3.63) is 47.5 Å². The molecule has 0 heterocycles. The quantitative estimate of drug-likeness (QED) is 0.734. The molecule has 2 heteroatoms. The number of ether oxygens (including phenoxy) is 2. The third kappa shape index (κ3) is 2.84. The number of rotatable bonds is 5. The minimum absolute atomic E-state index is 0.638. The van der Waals surface area contributed by atoms with Crippen LogP contribution in [0.4, 0.5) is 0 Å². The standard InChI is InChI=1S/C15H18O2/c1-12-7-8-13(11-17-10-9-16-2)15-6-4-3-5-14(12)15/h3-8H,9-11H2,1-2H3. The van der Waals surface area contributed by atoms with Gasteiger partial charge in [-0.05, 0) is 28.8 Å². The van der Waals surface area contributed by atoms with Crippen LogP contribution in [0.25, 0.3) is 10.8 Å². The molecule has 0 aromatic heterocycles. The fourth-order valence-electron chi connectivity index (χ4n) is 1.96. The minimum atomic E-state index is 0.638. The van der Waals surface area contributed by atoms with Crippen molar-refractivity contribution in [1.29, 1.82) is 0 Å². The Morgan fingerprint density at radius 3 is 2.47 bits per heavy atom. The molecule has 2 rings (SSSR count). The normalized spacial score (nSPS) is 10.9. The van der Waals surface area contributed by atoms with Crippen LogP contribution < -0.4 is 0 Å². The first-order valence-electron chi connectivity index (χ1n) is 5.87. The van der Waals surface area contributed by atoms with Gasteiger partial charge in [-0.2, -0.15) is 0 Å². The molecule has 0 unspecified atom stereocenters. The fourth-order valence-corrected chi connectivity index (χ4v) is 1.96. The van der Waals surface area contributed by atoms with E-state index in [1.54, 1.807) is 7.11 Å². The van der Waals surface area contributed by atoms with Crippen LogP contribution in [0.1, 0.15) is 11.1 Å². The van der Waals surface area contributed by atoms with Gasteiger partial charge in [-0.3, -0.25) is 0 Å². The van der Waals surface area contributed by atoms with Crippen LogP contribution in [0.5, 0.6) is 0 Å². The van der Waals surface area contributed by atoms with Gasteiger partial charge in [-0.25, -0.2) is 0 Å². The van der Waals surface area contributed by atoms with Crippen LogP contribution in [0.2, 0.25) is 0 Å². The number of fused-ring (bicyclic) bond motifs is 1. The molecule has 0 aliphatic rings. The van der Waals surface area contributed by atoms with Gasteiger partial charge in [0.15, 0.2) is 0 Å². The second-order valence-electron chi connectivity index (χ2n) is 4.13. The minimum Gasteiger partial charge on any atom is -0.382 e. The van der Waals surface area contributed by atoms with Crippen molar-refractivity contribution < 1.29 is 9.47 Å². The maximum absolute atomic E-state index is 5.58. The van der Waals surface area contributed by atoms with E-state index in [-0.39, 0.29) is 0 Å². The van der Waals surface area contributed by atoms with Crippen molar-refractivity contribution in [2.75, 3.05) is 20.3 Å². The first-order valence-corrected chi connectivity index (χ1v) is 5.87. The summed E-state index contributed by atoms with van der Waals surface area (Å²) in [5, 5.41) is 2.59. The van der Waals surface area contributed by atoms with Crippen LogP contribution in [0, 0.1) is 6.92 Å². The largest absolute Gasteiger partial charge is 0.382 e. The predicted molar refractivity (Wildman–Crippen MR) is 70.2 cm³/mol. The molecule has 0 radical (unpaired) electrons. The highest BCUT2D eigenvalue weighted by molar-refractivity contribution is 5.88. The Morgan fingerprint density at radius 1 is 0.941 bits per heavy atom. The summed E-state index contributed by atoms with van der Waals surface area (Å²) in [7, 11) is 1.69. The predicted octanol–water partition coefficient (Wildman–Crippen LogP) is 3.31. The van der Waals surface area contributed by atoms with Gasteiger partial charge < -0.3 is 9.47 Å². The Kier molecular flexibility index (Phi) is 4.13. The van der Waals surface area contributed by atoms with E-state index < -0.39 is 0 Å². The molecule has 0 N–H and O–H groups in total. The van der Waals surface area contributed by atoms with Crippen molar-refractivity contribution in [3.8, 4) is 0 Å². The van der Waals surface area contributed by atoms with Crippen LogP contribution >= 0.6 is 0 Å². The highest BCUT2D eigenvalue weighted by atomic mass is 16.5. The van der Waals surface area contributed by atoms with E-state index in [0.717, 1.165) is 0 Å². The smallest absolute Gasteiger partial charge is 0.0724 e. The number of hydrogen-bond acceptors (Lipinski definition) is 2. The van der Waals surface area contributed by atoms with E-state index >= 15 is 0 Å². The van der Waals surface area contributed by atoms with Gasteiger partial charge in [0.05, 0.1) is 19.8 Å². The lowest BCUT2D eigenvalue weighted by Gasteiger charge is -2.09. The summed E-state index contributed by atoms with van der Waals surface area (Å²) in [5.41, 5.74) is 2.54. The second kappa shape index (κ2) is 5.80. The van der Waals surface area contributed by atoms with E-state index in [1.165, 1.54) is 21.9 Å². The molecule has 0 atom stereocenters. The highest BCUT2D eigenvalue weighted by Gasteiger charge is 2.02. The van der Waals surface area contributed by atoms with E-state index in [0.29, 0.717) is 19.8 Å². The van der Waals surface area contributed by atoms with Crippen LogP contribution in [-0.2, 0) is 16.1 Å². The molecule has 0 bridgehead atoms. The van der Waals surface area contributed by atoms with Crippen molar-refractivity contribution in [1.82, 2.24) is 0 Å². The SMILES string of the molecule is COCCOCc1ccc(C)c2ccccc12. The Balaban J connectivity index is 2.20. The van der Waals surface area contributed by atoms with E-state index in [2.05, 4.69) is 43.3 Å². The summed E-state index contributed by atoms with van der Waals surface area (Å²) >= 11 is 0. The Bertz CT molecular complexity index is 491. The molecule has 0 amide bonds. The zero-order chi connectivity index (χ0) is 12.1. The number of methoxy groups -OCH3 is 1. The summed E-state index contributed by atoms with van der Waals surface area (Å²) < 4.78 is 10.5. The molecule has 2 nitrogen and oxygen atoms in total. The van der Waals surface area contributed by atoms with Gasteiger partial charge in [0.1, 0.15) is 0 Å². The van der Waals surface area contributed by atoms with Crippen molar-refractivity contribution in [2.24, 2.45) is 0 Å². The van der Waals surface area contributed by atoms with Crippen molar-refractivity contribution >= 4 is 10.8 Å². The molecule has 0 aliphatic heterocycles. The van der Waals surface area contributed by atoms with Crippen LogP contribution in [0.3, 0.4) is 0 Å². The van der Waals surface area contributed by atoms with Crippen molar-refractivity contribution in [2.45, 2.75) is 13.5 Å². The lowest BCUT2D eigenvalue weighted by Crippen LogP contribution is -2.02. The molecule has 2 aromatic carbocycles. The third-order valence-electron chi connectivity index (χ3n) is 2.92. The van der Waals surface area contributed by atoms with Crippen molar-refractivity contribution in [3.63, 3.8) is 0 Å². The molecule has 0 spiro atoms. The second-order valence-corrected chi connectivity index (χ2v) is 4.13. The zero-order valence-electron chi connectivity index (χ0n) is 10.4. The number of benzene rings is 2. The summed E-state index contributed by atoms with van der Waals surface area (Å²) in [5.74, 6) is 0. The third-order valence-corrected chi connectivity index (χ3v) is 2.92. The molecule has 90 valence electrons. The molecular weight excluding hydrogens is 212 g/mol. The molecule has 0 aliphatic carbocycles. The summed E-state index contributed by atoms with van der Waals surface area (Å²) in [6, 6.07) is 12.7. The van der Waals surface area contributed by atoms with Gasteiger partial charge in [-0.1, -0.05) is 36.4 Å². The first-order chi connectivity index (χ1) is 8.33. The van der Waals surface area contributed by atoms with Crippen LogP contribution in [-0.4, -0.2) is 20.3 Å². The van der Waals surface area contributed by atoms with Gasteiger partial charge in [0.2, 0.25) is 0 Å². The lowest BCUT2D eigenvalue weighted by molar-refractivity contribution is 0.0621. The summed E-state index contributed by atoms with van der Waals surface area (Å²) in [6.45, 7) is 4.06. The molecule has 17 heavy (non-hydrogen) atoms. The highest BCUT2D eigenvalue weighted by Crippen LogP contribution is 2.22. The first kappa shape index (κ1) is 12.1. The zero-order valence-corrected chi connectivity index (χ0v) is 10.4. The maximum atomic E-state index is 5.58. The Hall–Kier alpha value is -1.38. The van der Waals surface area contributed by atoms with E-state index in [1.807, 2.05) is 0 Å². The van der Waals surface area contributed by atoms with E-state index in [4.69, 9.17) is 9.47 Å². The van der Waals surface area contributed by atoms with Gasteiger partial charge in [0, 0.05) is 7.11 Å². The molecular formula is C15H18O2. The number of aryl methyl sites for hydroxylation is 1. The maximum Gasteiger partial charge on any atom is 0.0724 e. The Morgan fingerprint density at radius 2 is 1.71 bits per heavy atom. The lowest BCUT2D eigenvalue weighted by atomic mass is 10.0. The van der Waals surface area contributed by atoms with Crippen LogP contribution in [0.15, 0.2) is 36.4 Å². The molecule has 0 saturated heterocycles. The van der Waals surface area contributed by atoms with E-state index in [9.17, 15) is 0 Å². The summed E-state index contributed by atoms with van der Waals surface area (Å²) in [6.07, 6.45) is 0. The number of hydrogen-bond donors (Lipinski definition) is 0. The fraction of sp³-hybridized carbons (Fsp3) is 0.333. The average Bonchev–Trinajstić information content (AvgIpc) is 2.37. The molecule has 0 saturated carbocycles. The topological polar surface area (TPSA) is 18.5 Å². The monoisotopic (exact) mass is 230 g/mol. The average molecular weight is 230 g/mol. The van der Waals surface area contributed by atoms with Gasteiger partial charge in [-0.15, -0.1) is 0 Å². The Labute approximate surface area is 102 Å². The van der Waals surface area contributed by atoms with Gasteiger partial charge in [0.25, 0.3) is 0 Å². The molecule has 2 aromatic rings. The molecule has 0 fully saturated rings. The summed E-state index contributed by atoms with van der Waals surface area (Å²) in [4.78, 5) is 0.